The van der Waals surface area contributed by atoms with Crippen LogP contribution in [0.15, 0.2) is 24.3 Å². The summed E-state index contributed by atoms with van der Waals surface area (Å²) in [7, 11) is 1.43. The van der Waals surface area contributed by atoms with Gasteiger partial charge in [-0.15, -0.1) is 4.28 Å². The van der Waals surface area contributed by atoms with E-state index in [9.17, 15) is 8.60 Å². The molecule has 1 N–H and O–H groups in total. The Bertz CT molecular complexity index is 415. The van der Waals surface area contributed by atoms with Gasteiger partial charge in [-0.25, -0.2) is 8.93 Å². The van der Waals surface area contributed by atoms with Crippen molar-refractivity contribution in [3.63, 3.8) is 0 Å². The van der Waals surface area contributed by atoms with Gasteiger partial charge in [-0.2, -0.15) is 8.86 Å². The fourth-order valence-corrected chi connectivity index (χ4v) is 2.33. The predicted molar refractivity (Wildman–Crippen MR) is 81.8 cm³/mol. The van der Waals surface area contributed by atoms with E-state index in [1.807, 2.05) is 6.92 Å². The molecule has 110 valence electrons. The number of nitrogens with one attached hydrogen (secondary N) is 1. The Balaban J connectivity index is 0.00000324. The van der Waals surface area contributed by atoms with Gasteiger partial charge >= 0.3 is 3.92 Å². The number of hydrogen-bond acceptors (Lipinski definition) is 4. The van der Waals surface area contributed by atoms with Gasteiger partial charge in [0.25, 0.3) is 11.3 Å². The maximum absolute atomic E-state index is 13.2. The van der Waals surface area contributed by atoms with E-state index >= 15 is 0 Å². The van der Waals surface area contributed by atoms with Crippen LogP contribution in [0.1, 0.15) is 13.0 Å². The van der Waals surface area contributed by atoms with Crippen molar-refractivity contribution < 1.29 is 12.9 Å². The van der Waals surface area contributed by atoms with Crippen LogP contribution in [-0.2, 0) is 15.6 Å². The number of nitrogens with zero attached hydrogens (tertiary/aromatic N) is 1. The standard InChI is InChI=1S/C9H11Cl2FN2O2S2.CH4/c1-7-3-5-8(6-4-7)14(16-18(15)13-2)17-9(10,11)12;/h3-6,13H,1-2H3;1H4. The molecule has 1 aromatic carbocycles. The van der Waals surface area contributed by atoms with Crippen molar-refractivity contribution >= 4 is 52.1 Å². The fraction of sp³-hybridized carbons (Fsp3) is 0.400. The molecular formula is C10H15Cl2FN2O2S2. The van der Waals surface area contributed by atoms with E-state index < -0.39 is 15.2 Å². The van der Waals surface area contributed by atoms with Gasteiger partial charge < -0.3 is 0 Å². The van der Waals surface area contributed by atoms with Crippen LogP contribution >= 0.6 is 35.1 Å². The van der Waals surface area contributed by atoms with Crippen molar-refractivity contribution in [2.45, 2.75) is 18.3 Å². The highest BCUT2D eigenvalue weighted by atomic mass is 35.5. The molecule has 9 heteroatoms. The highest BCUT2D eigenvalue weighted by Crippen LogP contribution is 2.41. The van der Waals surface area contributed by atoms with E-state index in [-0.39, 0.29) is 7.43 Å². The number of halogens is 3. The lowest BCUT2D eigenvalue weighted by Gasteiger charge is -2.23. The van der Waals surface area contributed by atoms with Gasteiger partial charge in [-0.1, -0.05) is 48.3 Å². The van der Waals surface area contributed by atoms with Gasteiger partial charge in [0, 0.05) is 0 Å². The molecule has 0 fully saturated rings. The summed E-state index contributed by atoms with van der Waals surface area (Å²) in [6.07, 6.45) is 0. The molecule has 0 saturated heterocycles. The molecule has 0 bridgehead atoms. The van der Waals surface area contributed by atoms with E-state index in [1.54, 1.807) is 24.3 Å². The van der Waals surface area contributed by atoms with Crippen LogP contribution in [0.25, 0.3) is 0 Å². The average molecular weight is 349 g/mol. The molecule has 4 nitrogen and oxygen atoms in total. The summed E-state index contributed by atoms with van der Waals surface area (Å²) >= 11 is 9.03. The summed E-state index contributed by atoms with van der Waals surface area (Å²) < 4.78 is 30.1. The SMILES string of the molecule is C.CNS(=O)ON(SC(F)(Cl)Cl)c1ccc(C)cc1. The van der Waals surface area contributed by atoms with E-state index in [0.717, 1.165) is 10.0 Å². The number of hydrogen-bond donors (Lipinski definition) is 1. The molecular weight excluding hydrogens is 334 g/mol. The second-order valence-electron chi connectivity index (χ2n) is 3.14. The van der Waals surface area contributed by atoms with E-state index in [2.05, 4.69) is 4.72 Å². The maximum atomic E-state index is 13.2. The van der Waals surface area contributed by atoms with Gasteiger partial charge in [0.2, 0.25) is 0 Å². The topological polar surface area (TPSA) is 41.6 Å². The molecule has 0 spiro atoms. The molecule has 0 aliphatic rings. The normalized spacial score (nSPS) is 12.7. The Morgan fingerprint density at radius 3 is 2.37 bits per heavy atom. The zero-order valence-electron chi connectivity index (χ0n) is 9.52. The summed E-state index contributed by atoms with van der Waals surface area (Å²) in [5.74, 6) is 0. The van der Waals surface area contributed by atoms with Gasteiger partial charge in [-0.05, 0) is 26.1 Å². The molecule has 0 saturated carbocycles. The van der Waals surface area contributed by atoms with Crippen LogP contribution in [0.2, 0.25) is 0 Å². The molecule has 1 atom stereocenters. The van der Waals surface area contributed by atoms with Crippen molar-refractivity contribution in [1.29, 1.82) is 0 Å². The largest absolute Gasteiger partial charge is 0.325 e. The van der Waals surface area contributed by atoms with Crippen LogP contribution in [0.5, 0.6) is 0 Å². The smallest absolute Gasteiger partial charge is 0.216 e. The third-order valence-electron chi connectivity index (χ3n) is 1.73. The Morgan fingerprint density at radius 2 is 1.95 bits per heavy atom. The molecule has 1 unspecified atom stereocenters. The third-order valence-corrected chi connectivity index (χ3v) is 3.52. The first-order valence-corrected chi connectivity index (χ1v) is 7.32. The van der Waals surface area contributed by atoms with E-state index in [1.165, 1.54) is 7.05 Å². The summed E-state index contributed by atoms with van der Waals surface area (Å²) in [6, 6.07) is 6.90. The second kappa shape index (κ2) is 8.28. The molecule has 0 radical (unpaired) electrons. The minimum absolute atomic E-state index is 0. The average Bonchev–Trinajstić information content (AvgIpc) is 2.27. The van der Waals surface area contributed by atoms with Crippen molar-refractivity contribution in [1.82, 2.24) is 4.72 Å². The van der Waals surface area contributed by atoms with Gasteiger partial charge in [0.1, 0.15) is 0 Å². The quantitative estimate of drug-likeness (QED) is 0.481. The molecule has 1 rings (SSSR count). The number of aryl methyl sites for hydroxylation is 1. The monoisotopic (exact) mass is 348 g/mol. The van der Waals surface area contributed by atoms with Crippen molar-refractivity contribution in [3.05, 3.63) is 29.8 Å². The van der Waals surface area contributed by atoms with Crippen LogP contribution < -0.4 is 9.19 Å². The molecule has 0 amide bonds. The lowest BCUT2D eigenvalue weighted by molar-refractivity contribution is 0.375. The first-order valence-electron chi connectivity index (χ1n) is 4.72. The van der Waals surface area contributed by atoms with Crippen LogP contribution in [0, 0.1) is 6.92 Å². The third kappa shape index (κ3) is 7.34. The summed E-state index contributed by atoms with van der Waals surface area (Å²) in [4.78, 5) is 0. The van der Waals surface area contributed by atoms with Gasteiger partial charge in [-0.3, -0.25) is 0 Å². The number of rotatable bonds is 6. The Morgan fingerprint density at radius 1 is 1.42 bits per heavy atom. The Kier molecular flexibility index (Phi) is 8.26. The van der Waals surface area contributed by atoms with Crippen molar-refractivity contribution in [2.24, 2.45) is 0 Å². The lowest BCUT2D eigenvalue weighted by Crippen LogP contribution is -2.26. The van der Waals surface area contributed by atoms with E-state index in [0.29, 0.717) is 17.6 Å². The minimum Gasteiger partial charge on any atom is -0.216 e. The molecule has 0 aliphatic carbocycles. The predicted octanol–water partition coefficient (Wildman–Crippen LogP) is 3.87. The van der Waals surface area contributed by atoms with E-state index in [4.69, 9.17) is 27.5 Å². The van der Waals surface area contributed by atoms with Crippen LogP contribution in [0.4, 0.5) is 10.1 Å². The summed E-state index contributed by atoms with van der Waals surface area (Å²) in [6.45, 7) is 1.90. The van der Waals surface area contributed by atoms with Crippen LogP contribution in [0.3, 0.4) is 0 Å². The van der Waals surface area contributed by atoms with Crippen molar-refractivity contribution in [2.75, 3.05) is 11.5 Å². The minimum atomic E-state index is -2.59. The summed E-state index contributed by atoms with van der Waals surface area (Å²) in [5.41, 5.74) is 1.47. The highest BCUT2D eigenvalue weighted by molar-refractivity contribution is 8.04. The van der Waals surface area contributed by atoms with Gasteiger partial charge in [0.15, 0.2) is 0 Å². The Hall–Kier alpha value is -0.0500. The first kappa shape index (κ1) is 18.9. The maximum Gasteiger partial charge on any atom is 0.325 e. The number of benzene rings is 1. The number of alkyl halides is 3. The fourth-order valence-electron chi connectivity index (χ4n) is 0.970. The van der Waals surface area contributed by atoms with Crippen LogP contribution in [-0.4, -0.2) is 15.2 Å². The molecule has 1 aromatic rings. The van der Waals surface area contributed by atoms with Crippen molar-refractivity contribution in [3.8, 4) is 0 Å². The highest BCUT2D eigenvalue weighted by Gasteiger charge is 2.30. The molecule has 0 heterocycles. The van der Waals surface area contributed by atoms with Gasteiger partial charge in [0.05, 0.1) is 17.6 Å². The molecule has 0 aromatic heterocycles. The first-order chi connectivity index (χ1) is 8.31. The zero-order valence-corrected chi connectivity index (χ0v) is 12.7. The molecule has 0 aliphatic heterocycles. The zero-order chi connectivity index (χ0) is 13.8. The Labute approximate surface area is 129 Å². The number of anilines is 1. The second-order valence-corrected chi connectivity index (χ2v) is 6.93. The lowest BCUT2D eigenvalue weighted by atomic mass is 10.2. The molecule has 19 heavy (non-hydrogen) atoms. The summed E-state index contributed by atoms with van der Waals surface area (Å²) in [5, 5.41) is 0.